The molecular formula is C16H18F2N4O. The zero-order valence-corrected chi connectivity index (χ0v) is 12.8. The first-order valence-corrected chi connectivity index (χ1v) is 7.48. The van der Waals surface area contributed by atoms with E-state index in [2.05, 4.69) is 10.3 Å². The molecule has 2 aromatic rings. The van der Waals surface area contributed by atoms with Gasteiger partial charge in [-0.3, -0.25) is 4.79 Å². The summed E-state index contributed by atoms with van der Waals surface area (Å²) in [5, 5.41) is 3.24. The number of imidazole rings is 1. The third-order valence-electron chi connectivity index (χ3n) is 4.09. The number of aromatic nitrogens is 2. The van der Waals surface area contributed by atoms with E-state index >= 15 is 0 Å². The molecule has 7 heteroatoms. The number of halogens is 2. The fraction of sp³-hybridized carbons (Fsp3) is 0.375. The SMILES string of the molecule is Cn1ccnc1C1CNCCN1C(=O)Cc1cccc(F)c1F. The van der Waals surface area contributed by atoms with E-state index < -0.39 is 11.6 Å². The lowest BCUT2D eigenvalue weighted by atomic mass is 10.1. The number of carbonyl (C=O) groups excluding carboxylic acids is 1. The van der Waals surface area contributed by atoms with Crippen LogP contribution < -0.4 is 5.32 Å². The lowest BCUT2D eigenvalue weighted by Crippen LogP contribution is -2.50. The van der Waals surface area contributed by atoms with Crippen LogP contribution in [0, 0.1) is 11.6 Å². The Morgan fingerprint density at radius 2 is 2.26 bits per heavy atom. The molecule has 1 unspecified atom stereocenters. The van der Waals surface area contributed by atoms with Gasteiger partial charge in [0.05, 0.1) is 6.42 Å². The van der Waals surface area contributed by atoms with Gasteiger partial charge in [-0.15, -0.1) is 0 Å². The molecule has 1 aliphatic rings. The molecule has 1 saturated heterocycles. The smallest absolute Gasteiger partial charge is 0.227 e. The molecule has 0 radical (unpaired) electrons. The van der Waals surface area contributed by atoms with Crippen LogP contribution in [0.15, 0.2) is 30.6 Å². The highest BCUT2D eigenvalue weighted by atomic mass is 19.2. The molecule has 1 aromatic heterocycles. The second-order valence-electron chi connectivity index (χ2n) is 5.59. The molecule has 1 aromatic carbocycles. The van der Waals surface area contributed by atoms with E-state index in [9.17, 15) is 13.6 Å². The molecule has 1 fully saturated rings. The Morgan fingerprint density at radius 3 is 3.00 bits per heavy atom. The monoisotopic (exact) mass is 320 g/mol. The lowest BCUT2D eigenvalue weighted by molar-refractivity contribution is -0.134. The Hall–Kier alpha value is -2.28. The van der Waals surface area contributed by atoms with Crippen LogP contribution in [0.2, 0.25) is 0 Å². The van der Waals surface area contributed by atoms with Gasteiger partial charge in [0.25, 0.3) is 0 Å². The third-order valence-corrected chi connectivity index (χ3v) is 4.09. The maximum absolute atomic E-state index is 13.8. The van der Waals surface area contributed by atoms with E-state index in [1.807, 2.05) is 17.8 Å². The van der Waals surface area contributed by atoms with Crippen molar-refractivity contribution >= 4 is 5.91 Å². The molecule has 23 heavy (non-hydrogen) atoms. The molecule has 0 spiro atoms. The molecule has 0 aliphatic carbocycles. The van der Waals surface area contributed by atoms with Crippen molar-refractivity contribution in [2.45, 2.75) is 12.5 Å². The second kappa shape index (κ2) is 6.45. The normalized spacial score (nSPS) is 18.2. The summed E-state index contributed by atoms with van der Waals surface area (Å²) >= 11 is 0. The van der Waals surface area contributed by atoms with Crippen molar-refractivity contribution in [3.63, 3.8) is 0 Å². The lowest BCUT2D eigenvalue weighted by Gasteiger charge is -2.35. The fourth-order valence-electron chi connectivity index (χ4n) is 2.88. The van der Waals surface area contributed by atoms with Crippen LogP contribution in [-0.2, 0) is 18.3 Å². The maximum atomic E-state index is 13.8. The summed E-state index contributed by atoms with van der Waals surface area (Å²) in [6.45, 7) is 1.76. The zero-order chi connectivity index (χ0) is 16.4. The van der Waals surface area contributed by atoms with Crippen LogP contribution in [0.1, 0.15) is 17.4 Å². The Balaban J connectivity index is 1.82. The van der Waals surface area contributed by atoms with Gasteiger partial charge < -0.3 is 14.8 Å². The van der Waals surface area contributed by atoms with E-state index in [0.29, 0.717) is 19.6 Å². The molecule has 122 valence electrons. The standard InChI is InChI=1S/C16H18F2N4O/c1-21-7-6-20-16(21)13-10-19-5-8-22(13)14(23)9-11-3-2-4-12(17)15(11)18/h2-4,6-7,13,19H,5,8-10H2,1H3. The average molecular weight is 320 g/mol. The summed E-state index contributed by atoms with van der Waals surface area (Å²) in [5.74, 6) is -1.35. The van der Waals surface area contributed by atoms with E-state index in [0.717, 1.165) is 11.9 Å². The van der Waals surface area contributed by atoms with Crippen LogP contribution in [-0.4, -0.2) is 40.0 Å². The van der Waals surface area contributed by atoms with Gasteiger partial charge in [0, 0.05) is 44.6 Å². The number of aryl methyl sites for hydroxylation is 1. The molecule has 0 saturated carbocycles. The van der Waals surface area contributed by atoms with Crippen molar-refractivity contribution in [1.29, 1.82) is 0 Å². The minimum absolute atomic E-state index is 0.0760. The van der Waals surface area contributed by atoms with E-state index in [4.69, 9.17) is 0 Å². The predicted molar refractivity (Wildman–Crippen MR) is 80.6 cm³/mol. The minimum Gasteiger partial charge on any atom is -0.336 e. The van der Waals surface area contributed by atoms with Crippen molar-refractivity contribution in [3.05, 3.63) is 53.6 Å². The second-order valence-corrected chi connectivity index (χ2v) is 5.59. The van der Waals surface area contributed by atoms with Crippen molar-refractivity contribution in [2.24, 2.45) is 7.05 Å². The van der Waals surface area contributed by atoms with Gasteiger partial charge >= 0.3 is 0 Å². The predicted octanol–water partition coefficient (Wildman–Crippen LogP) is 1.41. The number of carbonyl (C=O) groups is 1. The molecule has 3 rings (SSSR count). The highest BCUT2D eigenvalue weighted by molar-refractivity contribution is 5.79. The summed E-state index contributed by atoms with van der Waals surface area (Å²) in [4.78, 5) is 18.6. The molecule has 0 bridgehead atoms. The Morgan fingerprint density at radius 1 is 1.43 bits per heavy atom. The summed E-state index contributed by atoms with van der Waals surface area (Å²) in [7, 11) is 1.87. The molecule has 5 nitrogen and oxygen atoms in total. The quantitative estimate of drug-likeness (QED) is 0.930. The van der Waals surface area contributed by atoms with Crippen molar-refractivity contribution in [3.8, 4) is 0 Å². The Bertz CT molecular complexity index is 716. The zero-order valence-electron chi connectivity index (χ0n) is 12.8. The molecule has 1 aliphatic heterocycles. The first-order valence-electron chi connectivity index (χ1n) is 7.48. The third kappa shape index (κ3) is 3.10. The van der Waals surface area contributed by atoms with Crippen LogP contribution in [0.25, 0.3) is 0 Å². The van der Waals surface area contributed by atoms with Crippen LogP contribution >= 0.6 is 0 Å². The number of benzene rings is 1. The molecular weight excluding hydrogens is 302 g/mol. The fourth-order valence-corrected chi connectivity index (χ4v) is 2.88. The van der Waals surface area contributed by atoms with Crippen LogP contribution in [0.4, 0.5) is 8.78 Å². The van der Waals surface area contributed by atoms with Crippen LogP contribution in [0.3, 0.4) is 0 Å². The maximum Gasteiger partial charge on any atom is 0.227 e. The number of hydrogen-bond acceptors (Lipinski definition) is 3. The summed E-state index contributed by atoms with van der Waals surface area (Å²) in [6, 6.07) is 3.68. The van der Waals surface area contributed by atoms with E-state index in [-0.39, 0.29) is 23.9 Å². The van der Waals surface area contributed by atoms with Gasteiger partial charge in [-0.1, -0.05) is 12.1 Å². The number of hydrogen-bond donors (Lipinski definition) is 1. The van der Waals surface area contributed by atoms with Crippen molar-refractivity contribution in [1.82, 2.24) is 19.8 Å². The number of nitrogens with one attached hydrogen (secondary N) is 1. The van der Waals surface area contributed by atoms with Gasteiger partial charge in [0.15, 0.2) is 11.6 Å². The molecule has 1 amide bonds. The first-order chi connectivity index (χ1) is 11.1. The van der Waals surface area contributed by atoms with Gasteiger partial charge in [-0.25, -0.2) is 13.8 Å². The Kier molecular flexibility index (Phi) is 4.38. The largest absolute Gasteiger partial charge is 0.336 e. The van der Waals surface area contributed by atoms with E-state index in [1.165, 1.54) is 12.1 Å². The first kappa shape index (κ1) is 15.6. The van der Waals surface area contributed by atoms with Gasteiger partial charge in [0.1, 0.15) is 11.9 Å². The van der Waals surface area contributed by atoms with Gasteiger partial charge in [0.2, 0.25) is 5.91 Å². The summed E-state index contributed by atoms with van der Waals surface area (Å²) in [5.41, 5.74) is 0.0760. The van der Waals surface area contributed by atoms with Crippen LogP contribution in [0.5, 0.6) is 0 Å². The number of rotatable bonds is 3. The number of amides is 1. The van der Waals surface area contributed by atoms with E-state index in [1.54, 1.807) is 11.1 Å². The number of piperazine rings is 1. The topological polar surface area (TPSA) is 50.2 Å². The van der Waals surface area contributed by atoms with Gasteiger partial charge in [-0.2, -0.15) is 0 Å². The molecule has 1 N–H and O–H groups in total. The Labute approximate surface area is 132 Å². The average Bonchev–Trinajstić information content (AvgIpc) is 2.98. The number of nitrogens with zero attached hydrogens (tertiary/aromatic N) is 3. The highest BCUT2D eigenvalue weighted by Gasteiger charge is 2.30. The highest BCUT2D eigenvalue weighted by Crippen LogP contribution is 2.22. The summed E-state index contributed by atoms with van der Waals surface area (Å²) in [6.07, 6.45) is 3.34. The van der Waals surface area contributed by atoms with Crippen molar-refractivity contribution < 1.29 is 13.6 Å². The minimum atomic E-state index is -0.954. The van der Waals surface area contributed by atoms with Gasteiger partial charge in [-0.05, 0) is 6.07 Å². The molecule has 1 atom stereocenters. The van der Waals surface area contributed by atoms with Crippen molar-refractivity contribution in [2.75, 3.05) is 19.6 Å². The summed E-state index contributed by atoms with van der Waals surface area (Å²) < 4.78 is 29.0. The molecule has 2 heterocycles.